The fraction of sp³-hybridized carbons (Fsp3) is 0.733. The molecule has 0 radical (unpaired) electrons. The van der Waals surface area contributed by atoms with Crippen molar-refractivity contribution in [3.8, 4) is 0 Å². The average Bonchev–Trinajstić information content (AvgIpc) is 2.97. The zero-order valence-corrected chi connectivity index (χ0v) is 12.5. The van der Waals surface area contributed by atoms with Gasteiger partial charge >= 0.3 is 0 Å². The Morgan fingerprint density at radius 3 is 2.64 bits per heavy atom. The predicted molar refractivity (Wildman–Crippen MR) is 79.0 cm³/mol. The maximum atomic E-state index is 13.1. The van der Waals surface area contributed by atoms with Gasteiger partial charge in [0, 0.05) is 24.1 Å². The van der Waals surface area contributed by atoms with Gasteiger partial charge in [0.1, 0.15) is 0 Å². The summed E-state index contributed by atoms with van der Waals surface area (Å²) < 4.78 is 26.2. The number of anilines is 1. The van der Waals surface area contributed by atoms with Crippen LogP contribution < -0.4 is 10.6 Å². The van der Waals surface area contributed by atoms with Crippen LogP contribution in [-0.4, -0.2) is 34.6 Å². The summed E-state index contributed by atoms with van der Waals surface area (Å²) in [4.78, 5) is 12.0. The number of amides is 1. The van der Waals surface area contributed by atoms with Gasteiger partial charge in [-0.05, 0) is 12.8 Å². The molecule has 1 aliphatic carbocycles. The lowest BCUT2D eigenvalue weighted by atomic mass is 9.97. The van der Waals surface area contributed by atoms with E-state index >= 15 is 0 Å². The highest BCUT2D eigenvalue weighted by molar-refractivity contribution is 5.94. The Morgan fingerprint density at radius 2 is 2.00 bits per heavy atom. The Kier molecular flexibility index (Phi) is 4.42. The van der Waals surface area contributed by atoms with Crippen molar-refractivity contribution in [1.29, 1.82) is 0 Å². The SMILES string of the molecule is O=C(Nc1cc(C2CCCCCC2)[nH]n1)C1CC(F)(F)CN1. The first-order valence-corrected chi connectivity index (χ1v) is 8.01. The van der Waals surface area contributed by atoms with Crippen LogP contribution in [0.2, 0.25) is 0 Å². The van der Waals surface area contributed by atoms with E-state index in [9.17, 15) is 13.6 Å². The third kappa shape index (κ3) is 3.63. The standard InChI is InChI=1S/C15H22F2N4O/c16-15(17)8-12(18-9-15)14(22)19-13-7-11(20-21-13)10-5-3-1-2-4-6-10/h7,10,12,18H,1-6,8-9H2,(H2,19,20,21,22). The number of aromatic amines is 1. The number of hydrogen-bond donors (Lipinski definition) is 3. The van der Waals surface area contributed by atoms with E-state index < -0.39 is 30.8 Å². The fourth-order valence-corrected chi connectivity index (χ4v) is 3.31. The molecule has 2 heterocycles. The van der Waals surface area contributed by atoms with Gasteiger partial charge in [-0.3, -0.25) is 15.2 Å². The van der Waals surface area contributed by atoms with Crippen molar-refractivity contribution in [1.82, 2.24) is 15.5 Å². The van der Waals surface area contributed by atoms with Crippen LogP contribution in [0, 0.1) is 0 Å². The molecule has 1 saturated carbocycles. The third-order valence-electron chi connectivity index (χ3n) is 4.57. The zero-order valence-electron chi connectivity index (χ0n) is 12.5. The molecule has 2 aliphatic rings. The van der Waals surface area contributed by atoms with Crippen LogP contribution in [0.25, 0.3) is 0 Å². The van der Waals surface area contributed by atoms with Crippen LogP contribution >= 0.6 is 0 Å². The second-order valence-corrected chi connectivity index (χ2v) is 6.38. The minimum absolute atomic E-state index is 0.418. The monoisotopic (exact) mass is 312 g/mol. The summed E-state index contributed by atoms with van der Waals surface area (Å²) in [6.45, 7) is -0.445. The second-order valence-electron chi connectivity index (χ2n) is 6.38. The molecule has 0 bridgehead atoms. The Balaban J connectivity index is 1.58. The lowest BCUT2D eigenvalue weighted by Crippen LogP contribution is -2.35. The molecule has 1 saturated heterocycles. The Labute approximate surface area is 128 Å². The highest BCUT2D eigenvalue weighted by Crippen LogP contribution is 2.31. The number of rotatable bonds is 3. The summed E-state index contributed by atoms with van der Waals surface area (Å²) in [6.07, 6.45) is 6.78. The van der Waals surface area contributed by atoms with Crippen molar-refractivity contribution in [2.75, 3.05) is 11.9 Å². The molecule has 1 amide bonds. The van der Waals surface area contributed by atoms with Crippen LogP contribution in [-0.2, 0) is 4.79 Å². The van der Waals surface area contributed by atoms with E-state index in [1.54, 1.807) is 0 Å². The van der Waals surface area contributed by atoms with Gasteiger partial charge in [-0.1, -0.05) is 25.7 Å². The first kappa shape index (κ1) is 15.4. The van der Waals surface area contributed by atoms with Gasteiger partial charge in [0.15, 0.2) is 5.82 Å². The van der Waals surface area contributed by atoms with E-state index in [1.807, 2.05) is 6.07 Å². The molecule has 1 aromatic heterocycles. The molecular weight excluding hydrogens is 290 g/mol. The van der Waals surface area contributed by atoms with Gasteiger partial charge in [0.25, 0.3) is 5.92 Å². The summed E-state index contributed by atoms with van der Waals surface area (Å²) in [5, 5.41) is 12.2. The fourth-order valence-electron chi connectivity index (χ4n) is 3.31. The average molecular weight is 312 g/mol. The first-order chi connectivity index (χ1) is 10.5. The third-order valence-corrected chi connectivity index (χ3v) is 4.57. The van der Waals surface area contributed by atoms with Gasteiger partial charge in [0.2, 0.25) is 5.91 Å². The van der Waals surface area contributed by atoms with Crippen LogP contribution in [0.4, 0.5) is 14.6 Å². The number of H-pyrrole nitrogens is 1. The summed E-state index contributed by atoms with van der Waals surface area (Å²) in [5.41, 5.74) is 1.03. The summed E-state index contributed by atoms with van der Waals surface area (Å²) in [5.74, 6) is -2.38. The number of carbonyl (C=O) groups is 1. The molecule has 3 N–H and O–H groups in total. The van der Waals surface area contributed by atoms with Gasteiger partial charge < -0.3 is 5.32 Å². The van der Waals surface area contributed by atoms with E-state index in [0.717, 1.165) is 18.5 Å². The zero-order chi connectivity index (χ0) is 15.6. The molecule has 1 atom stereocenters. The predicted octanol–water partition coefficient (Wildman–Crippen LogP) is 2.78. The molecule has 22 heavy (non-hydrogen) atoms. The lowest BCUT2D eigenvalue weighted by molar-refractivity contribution is -0.118. The van der Waals surface area contributed by atoms with Crippen molar-refractivity contribution in [2.24, 2.45) is 0 Å². The number of halogens is 2. The highest BCUT2D eigenvalue weighted by atomic mass is 19.3. The molecule has 7 heteroatoms. The van der Waals surface area contributed by atoms with Gasteiger partial charge in [-0.25, -0.2) is 8.78 Å². The van der Waals surface area contributed by atoms with Gasteiger partial charge in [0.05, 0.1) is 12.6 Å². The first-order valence-electron chi connectivity index (χ1n) is 8.01. The minimum atomic E-state index is -2.81. The van der Waals surface area contributed by atoms with Gasteiger partial charge in [-0.15, -0.1) is 0 Å². The second kappa shape index (κ2) is 6.32. The van der Waals surface area contributed by atoms with E-state index in [1.165, 1.54) is 25.7 Å². The summed E-state index contributed by atoms with van der Waals surface area (Å²) in [7, 11) is 0. The molecular formula is C15H22F2N4O. The number of nitrogens with one attached hydrogen (secondary N) is 3. The van der Waals surface area contributed by atoms with E-state index in [0.29, 0.717) is 11.7 Å². The molecule has 3 rings (SSSR count). The number of nitrogens with zero attached hydrogens (tertiary/aromatic N) is 1. The van der Waals surface area contributed by atoms with Gasteiger partial charge in [-0.2, -0.15) is 5.10 Å². The largest absolute Gasteiger partial charge is 0.308 e. The van der Waals surface area contributed by atoms with Crippen molar-refractivity contribution in [3.63, 3.8) is 0 Å². The Hall–Kier alpha value is -1.50. The molecule has 1 unspecified atom stereocenters. The maximum Gasteiger partial charge on any atom is 0.262 e. The smallest absolute Gasteiger partial charge is 0.262 e. The number of aromatic nitrogens is 2. The van der Waals surface area contributed by atoms with E-state index in [-0.39, 0.29) is 0 Å². The molecule has 1 aromatic rings. The van der Waals surface area contributed by atoms with Crippen LogP contribution in [0.15, 0.2) is 6.07 Å². The Morgan fingerprint density at radius 1 is 1.27 bits per heavy atom. The molecule has 2 fully saturated rings. The minimum Gasteiger partial charge on any atom is -0.308 e. The van der Waals surface area contributed by atoms with Crippen molar-refractivity contribution < 1.29 is 13.6 Å². The van der Waals surface area contributed by atoms with Crippen LogP contribution in [0.3, 0.4) is 0 Å². The number of carbonyl (C=O) groups excluding carboxylic acids is 1. The quantitative estimate of drug-likeness (QED) is 0.752. The summed E-state index contributed by atoms with van der Waals surface area (Å²) >= 11 is 0. The summed E-state index contributed by atoms with van der Waals surface area (Å²) in [6, 6.07) is 0.981. The highest BCUT2D eigenvalue weighted by Gasteiger charge is 2.42. The number of alkyl halides is 2. The maximum absolute atomic E-state index is 13.1. The van der Waals surface area contributed by atoms with Crippen molar-refractivity contribution >= 4 is 11.7 Å². The van der Waals surface area contributed by atoms with Crippen LogP contribution in [0.5, 0.6) is 0 Å². The molecule has 0 aromatic carbocycles. The van der Waals surface area contributed by atoms with Crippen LogP contribution in [0.1, 0.15) is 56.6 Å². The van der Waals surface area contributed by atoms with Crippen molar-refractivity contribution in [3.05, 3.63) is 11.8 Å². The Bertz CT molecular complexity index is 523. The number of hydrogen-bond acceptors (Lipinski definition) is 3. The topological polar surface area (TPSA) is 69.8 Å². The normalized spacial score (nSPS) is 25.8. The molecule has 122 valence electrons. The van der Waals surface area contributed by atoms with E-state index in [2.05, 4.69) is 20.8 Å². The van der Waals surface area contributed by atoms with E-state index in [4.69, 9.17) is 0 Å². The lowest BCUT2D eigenvalue weighted by Gasteiger charge is -2.11. The molecule has 1 aliphatic heterocycles. The van der Waals surface area contributed by atoms with Crippen molar-refractivity contribution in [2.45, 2.75) is 62.8 Å². The molecule has 5 nitrogen and oxygen atoms in total. The molecule has 0 spiro atoms.